The van der Waals surface area contributed by atoms with E-state index in [9.17, 15) is 9.59 Å². The van der Waals surface area contributed by atoms with E-state index in [2.05, 4.69) is 10.3 Å². The summed E-state index contributed by atoms with van der Waals surface area (Å²) in [5.41, 5.74) is 1.35. The maximum absolute atomic E-state index is 12.5. The van der Waals surface area contributed by atoms with Crippen molar-refractivity contribution in [1.82, 2.24) is 15.2 Å². The molecule has 2 rings (SSSR count). The van der Waals surface area contributed by atoms with Gasteiger partial charge in [0.15, 0.2) is 11.5 Å². The number of hydrogen-bond donors (Lipinski definition) is 1. The first-order valence-corrected chi connectivity index (χ1v) is 8.72. The van der Waals surface area contributed by atoms with Gasteiger partial charge < -0.3 is 24.4 Å². The summed E-state index contributed by atoms with van der Waals surface area (Å²) in [7, 11) is 4.48. The second-order valence-electron chi connectivity index (χ2n) is 5.97. The molecule has 150 valence electrons. The molecule has 1 aromatic heterocycles. The number of carbonyl (C=O) groups is 2. The molecule has 0 aliphatic carbocycles. The van der Waals surface area contributed by atoms with E-state index in [1.54, 1.807) is 29.4 Å². The molecule has 0 atom stereocenters. The fourth-order valence-corrected chi connectivity index (χ4v) is 2.68. The molecule has 2 aromatic rings. The van der Waals surface area contributed by atoms with Gasteiger partial charge in [0, 0.05) is 44.5 Å². The number of nitrogens with one attached hydrogen (secondary N) is 1. The minimum atomic E-state index is -0.299. The van der Waals surface area contributed by atoms with Gasteiger partial charge in [0.1, 0.15) is 0 Å². The first-order valence-electron chi connectivity index (χ1n) is 8.72. The summed E-state index contributed by atoms with van der Waals surface area (Å²) in [6.45, 7) is 2.65. The van der Waals surface area contributed by atoms with E-state index >= 15 is 0 Å². The third kappa shape index (κ3) is 5.35. The lowest BCUT2D eigenvalue weighted by atomic mass is 10.1. The van der Waals surface area contributed by atoms with Crippen molar-refractivity contribution in [3.8, 4) is 17.2 Å². The molecule has 0 unspecified atom stereocenters. The summed E-state index contributed by atoms with van der Waals surface area (Å²) in [4.78, 5) is 30.0. The van der Waals surface area contributed by atoms with Gasteiger partial charge in [-0.25, -0.2) is 0 Å². The number of rotatable bonds is 9. The van der Waals surface area contributed by atoms with E-state index in [4.69, 9.17) is 14.2 Å². The van der Waals surface area contributed by atoms with Crippen LogP contribution in [0.5, 0.6) is 17.2 Å². The zero-order valence-electron chi connectivity index (χ0n) is 16.5. The molecule has 1 heterocycles. The van der Waals surface area contributed by atoms with Gasteiger partial charge in [0.2, 0.25) is 11.7 Å². The number of nitrogens with zero attached hydrogens (tertiary/aromatic N) is 2. The van der Waals surface area contributed by atoms with Crippen LogP contribution in [0.3, 0.4) is 0 Å². The van der Waals surface area contributed by atoms with Gasteiger partial charge in [-0.1, -0.05) is 0 Å². The van der Waals surface area contributed by atoms with Gasteiger partial charge in [-0.05, 0) is 29.8 Å². The van der Waals surface area contributed by atoms with Crippen molar-refractivity contribution in [3.63, 3.8) is 0 Å². The van der Waals surface area contributed by atoms with Crippen LogP contribution < -0.4 is 19.5 Å². The monoisotopic (exact) mass is 387 g/mol. The smallest absolute Gasteiger partial charge is 0.251 e. The number of benzene rings is 1. The second-order valence-corrected chi connectivity index (χ2v) is 5.97. The zero-order valence-corrected chi connectivity index (χ0v) is 16.5. The van der Waals surface area contributed by atoms with Crippen molar-refractivity contribution in [3.05, 3.63) is 47.8 Å². The van der Waals surface area contributed by atoms with E-state index in [1.165, 1.54) is 28.3 Å². The Morgan fingerprint density at radius 3 is 2.14 bits per heavy atom. The lowest BCUT2D eigenvalue weighted by Gasteiger charge is -2.21. The standard InChI is InChI=1S/C20H25N3O5/c1-14(24)23(13-15-5-7-21-8-6-15)10-9-22-20(25)16-11-17(26-2)19(28-4)18(12-16)27-3/h5-8,11-12H,9-10,13H2,1-4H3,(H,22,25). The highest BCUT2D eigenvalue weighted by Crippen LogP contribution is 2.38. The largest absolute Gasteiger partial charge is 0.493 e. The molecule has 0 saturated carbocycles. The highest BCUT2D eigenvalue weighted by atomic mass is 16.5. The van der Waals surface area contributed by atoms with Gasteiger partial charge in [-0.15, -0.1) is 0 Å². The van der Waals surface area contributed by atoms with Gasteiger partial charge in [-0.2, -0.15) is 0 Å². The Bertz CT molecular complexity index is 786. The van der Waals surface area contributed by atoms with Crippen molar-refractivity contribution in [2.24, 2.45) is 0 Å². The first-order chi connectivity index (χ1) is 13.5. The molecule has 0 saturated heterocycles. The predicted molar refractivity (Wildman–Crippen MR) is 104 cm³/mol. The van der Waals surface area contributed by atoms with Crippen LogP contribution in [0.2, 0.25) is 0 Å². The molecular formula is C20H25N3O5. The zero-order chi connectivity index (χ0) is 20.5. The molecule has 2 amide bonds. The molecule has 1 aromatic carbocycles. The van der Waals surface area contributed by atoms with E-state index in [1.807, 2.05) is 12.1 Å². The van der Waals surface area contributed by atoms with Crippen LogP contribution in [0, 0.1) is 0 Å². The highest BCUT2D eigenvalue weighted by molar-refractivity contribution is 5.95. The Morgan fingerprint density at radius 1 is 1.04 bits per heavy atom. The van der Waals surface area contributed by atoms with Crippen LogP contribution in [-0.2, 0) is 11.3 Å². The average molecular weight is 387 g/mol. The third-order valence-electron chi connectivity index (χ3n) is 4.16. The lowest BCUT2D eigenvalue weighted by molar-refractivity contribution is -0.129. The highest BCUT2D eigenvalue weighted by Gasteiger charge is 2.17. The maximum atomic E-state index is 12.5. The Hall–Kier alpha value is -3.29. The summed E-state index contributed by atoms with van der Waals surface area (Å²) in [6.07, 6.45) is 3.36. The second kappa shape index (κ2) is 10.1. The molecule has 0 radical (unpaired) electrons. The average Bonchev–Trinajstić information content (AvgIpc) is 2.72. The van der Waals surface area contributed by atoms with E-state index < -0.39 is 0 Å². The van der Waals surface area contributed by atoms with E-state index in [0.717, 1.165) is 5.56 Å². The van der Waals surface area contributed by atoms with Crippen LogP contribution in [0.1, 0.15) is 22.8 Å². The maximum Gasteiger partial charge on any atom is 0.251 e. The van der Waals surface area contributed by atoms with Crippen molar-refractivity contribution < 1.29 is 23.8 Å². The molecule has 8 nitrogen and oxygen atoms in total. The summed E-state index contributed by atoms with van der Waals surface area (Å²) < 4.78 is 15.8. The van der Waals surface area contributed by atoms with Crippen LogP contribution >= 0.6 is 0 Å². The van der Waals surface area contributed by atoms with E-state index in [0.29, 0.717) is 42.4 Å². The molecule has 0 bridgehead atoms. The number of amides is 2. The summed E-state index contributed by atoms with van der Waals surface area (Å²) in [5.74, 6) is 0.845. The van der Waals surface area contributed by atoms with Gasteiger partial charge in [-0.3, -0.25) is 14.6 Å². The molecule has 0 aliphatic heterocycles. The summed E-state index contributed by atoms with van der Waals surface area (Å²) >= 11 is 0. The van der Waals surface area contributed by atoms with Crippen LogP contribution in [0.4, 0.5) is 0 Å². The van der Waals surface area contributed by atoms with Gasteiger partial charge >= 0.3 is 0 Å². The van der Waals surface area contributed by atoms with Gasteiger partial charge in [0.05, 0.1) is 21.3 Å². The number of hydrogen-bond acceptors (Lipinski definition) is 6. The number of methoxy groups -OCH3 is 3. The Balaban J connectivity index is 2.01. The minimum Gasteiger partial charge on any atom is -0.493 e. The van der Waals surface area contributed by atoms with Crippen molar-refractivity contribution >= 4 is 11.8 Å². The van der Waals surface area contributed by atoms with Crippen molar-refractivity contribution in [2.75, 3.05) is 34.4 Å². The fourth-order valence-electron chi connectivity index (χ4n) is 2.68. The fraction of sp³-hybridized carbons (Fsp3) is 0.350. The lowest BCUT2D eigenvalue weighted by Crippen LogP contribution is -2.37. The molecule has 8 heteroatoms. The topological polar surface area (TPSA) is 90.0 Å². The molecule has 0 fully saturated rings. The summed E-state index contributed by atoms with van der Waals surface area (Å²) in [6, 6.07) is 6.86. The Morgan fingerprint density at radius 2 is 1.64 bits per heavy atom. The molecule has 1 N–H and O–H groups in total. The number of carbonyl (C=O) groups excluding carboxylic acids is 2. The Kier molecular flexibility index (Phi) is 7.62. The molecule has 28 heavy (non-hydrogen) atoms. The normalized spacial score (nSPS) is 10.1. The molecule has 0 spiro atoms. The number of ether oxygens (including phenoxy) is 3. The van der Waals surface area contributed by atoms with Crippen LogP contribution in [0.25, 0.3) is 0 Å². The molecular weight excluding hydrogens is 362 g/mol. The van der Waals surface area contributed by atoms with Crippen molar-refractivity contribution in [1.29, 1.82) is 0 Å². The van der Waals surface area contributed by atoms with Crippen LogP contribution in [0.15, 0.2) is 36.7 Å². The van der Waals surface area contributed by atoms with Gasteiger partial charge in [0.25, 0.3) is 5.91 Å². The molecule has 0 aliphatic rings. The van der Waals surface area contributed by atoms with Crippen LogP contribution in [-0.4, -0.2) is 56.1 Å². The predicted octanol–water partition coefficient (Wildman–Crippen LogP) is 1.89. The van der Waals surface area contributed by atoms with Crippen molar-refractivity contribution in [2.45, 2.75) is 13.5 Å². The number of aromatic nitrogens is 1. The summed E-state index contributed by atoms with van der Waals surface area (Å²) in [5, 5.41) is 2.81. The van der Waals surface area contributed by atoms with E-state index in [-0.39, 0.29) is 11.8 Å². The Labute approximate surface area is 164 Å². The third-order valence-corrected chi connectivity index (χ3v) is 4.16. The minimum absolute atomic E-state index is 0.0705. The number of pyridine rings is 1. The quantitative estimate of drug-likeness (QED) is 0.707. The first kappa shape index (κ1) is 21.0. The SMILES string of the molecule is COc1cc(C(=O)NCCN(Cc2ccncc2)C(C)=O)cc(OC)c1OC.